The summed E-state index contributed by atoms with van der Waals surface area (Å²) in [5, 5.41) is 3.55. The molecule has 116 valence electrons. The Morgan fingerprint density at radius 1 is 1.48 bits per heavy atom. The third-order valence-electron chi connectivity index (χ3n) is 3.86. The Kier molecular flexibility index (Phi) is 5.42. The minimum absolute atomic E-state index is 0.0238. The van der Waals surface area contributed by atoms with Gasteiger partial charge in [0, 0.05) is 26.3 Å². The number of nitrogens with zero attached hydrogens (tertiary/aromatic N) is 2. The maximum atomic E-state index is 11.9. The van der Waals surface area contributed by atoms with Crippen LogP contribution in [0.5, 0.6) is 0 Å². The number of hydrogen-bond acceptors (Lipinski definition) is 5. The van der Waals surface area contributed by atoms with Crippen molar-refractivity contribution in [2.24, 2.45) is 5.92 Å². The standard InChI is InChI=1S/C16H25N3O2/c1-4-21-16(20)12-7-5-8-13(11-12)18-14-9-6-10-17-15(14)19(2)3/h6,9-10,12-13,18H,4-5,7-8,11H2,1-3H3. The Hall–Kier alpha value is -1.78. The average Bonchev–Trinajstić information content (AvgIpc) is 2.48. The van der Waals surface area contributed by atoms with Crippen molar-refractivity contribution in [3.63, 3.8) is 0 Å². The summed E-state index contributed by atoms with van der Waals surface area (Å²) in [6, 6.07) is 4.27. The molecule has 1 aromatic heterocycles. The maximum Gasteiger partial charge on any atom is 0.308 e. The van der Waals surface area contributed by atoms with E-state index in [1.165, 1.54) is 0 Å². The minimum Gasteiger partial charge on any atom is -0.466 e. The Labute approximate surface area is 126 Å². The highest BCUT2D eigenvalue weighted by Crippen LogP contribution is 2.30. The van der Waals surface area contributed by atoms with E-state index in [1.54, 1.807) is 6.20 Å². The monoisotopic (exact) mass is 291 g/mol. The molecule has 5 heteroatoms. The van der Waals surface area contributed by atoms with Gasteiger partial charge in [-0.1, -0.05) is 6.42 Å². The lowest BCUT2D eigenvalue weighted by Gasteiger charge is -2.30. The van der Waals surface area contributed by atoms with E-state index in [2.05, 4.69) is 10.3 Å². The fraction of sp³-hybridized carbons (Fsp3) is 0.625. The second-order valence-electron chi connectivity index (χ2n) is 5.73. The van der Waals surface area contributed by atoms with Gasteiger partial charge in [0.15, 0.2) is 5.82 Å². The fourth-order valence-electron chi connectivity index (χ4n) is 2.88. The van der Waals surface area contributed by atoms with Crippen molar-refractivity contribution in [3.8, 4) is 0 Å². The van der Waals surface area contributed by atoms with E-state index in [0.29, 0.717) is 12.6 Å². The SMILES string of the molecule is CCOC(=O)C1CCCC(Nc2cccnc2N(C)C)C1. The number of carbonyl (C=O) groups excluding carboxylic acids is 1. The van der Waals surface area contributed by atoms with Gasteiger partial charge in [0.1, 0.15) is 0 Å². The zero-order valence-electron chi connectivity index (χ0n) is 13.1. The van der Waals surface area contributed by atoms with Crippen LogP contribution >= 0.6 is 0 Å². The second kappa shape index (κ2) is 7.29. The number of rotatable bonds is 5. The van der Waals surface area contributed by atoms with Gasteiger partial charge in [-0.15, -0.1) is 0 Å². The van der Waals surface area contributed by atoms with Crippen LogP contribution in [0.4, 0.5) is 11.5 Å². The summed E-state index contributed by atoms with van der Waals surface area (Å²) in [6.45, 7) is 2.32. The molecule has 0 amide bonds. The van der Waals surface area contributed by atoms with E-state index in [9.17, 15) is 4.79 Å². The van der Waals surface area contributed by atoms with E-state index in [0.717, 1.165) is 37.2 Å². The maximum absolute atomic E-state index is 11.9. The third kappa shape index (κ3) is 4.09. The zero-order chi connectivity index (χ0) is 15.2. The molecule has 2 unspecified atom stereocenters. The molecule has 0 aromatic carbocycles. The van der Waals surface area contributed by atoms with E-state index in [1.807, 2.05) is 38.1 Å². The quantitative estimate of drug-likeness (QED) is 0.845. The molecule has 0 aliphatic heterocycles. The van der Waals surface area contributed by atoms with Gasteiger partial charge in [-0.2, -0.15) is 0 Å². The first-order valence-electron chi connectivity index (χ1n) is 7.67. The lowest BCUT2D eigenvalue weighted by Crippen LogP contribution is -2.32. The van der Waals surface area contributed by atoms with Gasteiger partial charge >= 0.3 is 5.97 Å². The van der Waals surface area contributed by atoms with E-state index in [-0.39, 0.29) is 11.9 Å². The lowest BCUT2D eigenvalue weighted by atomic mass is 9.85. The van der Waals surface area contributed by atoms with Gasteiger partial charge < -0.3 is 15.0 Å². The number of anilines is 2. The highest BCUT2D eigenvalue weighted by Gasteiger charge is 2.28. The van der Waals surface area contributed by atoms with Crippen LogP contribution < -0.4 is 10.2 Å². The van der Waals surface area contributed by atoms with Crippen molar-refractivity contribution in [1.29, 1.82) is 0 Å². The second-order valence-corrected chi connectivity index (χ2v) is 5.73. The fourth-order valence-corrected chi connectivity index (χ4v) is 2.88. The molecule has 1 heterocycles. The van der Waals surface area contributed by atoms with Gasteiger partial charge in [-0.05, 0) is 38.3 Å². The summed E-state index contributed by atoms with van der Waals surface area (Å²) < 4.78 is 5.15. The molecule has 1 saturated carbocycles. The number of nitrogens with one attached hydrogen (secondary N) is 1. The van der Waals surface area contributed by atoms with Crippen LogP contribution in [-0.4, -0.2) is 37.7 Å². The van der Waals surface area contributed by atoms with Crippen LogP contribution in [0.3, 0.4) is 0 Å². The Morgan fingerprint density at radius 3 is 3.00 bits per heavy atom. The number of carbonyl (C=O) groups is 1. The van der Waals surface area contributed by atoms with Crippen molar-refractivity contribution >= 4 is 17.5 Å². The first-order valence-corrected chi connectivity index (χ1v) is 7.67. The summed E-state index contributed by atoms with van der Waals surface area (Å²) in [7, 11) is 3.96. The van der Waals surface area contributed by atoms with Crippen molar-refractivity contribution < 1.29 is 9.53 Å². The van der Waals surface area contributed by atoms with Crippen molar-refractivity contribution in [3.05, 3.63) is 18.3 Å². The van der Waals surface area contributed by atoms with E-state index >= 15 is 0 Å². The van der Waals surface area contributed by atoms with Crippen LogP contribution in [0.2, 0.25) is 0 Å². The number of hydrogen-bond donors (Lipinski definition) is 1. The summed E-state index contributed by atoms with van der Waals surface area (Å²) >= 11 is 0. The Bertz CT molecular complexity index is 476. The first-order chi connectivity index (χ1) is 10.1. The summed E-state index contributed by atoms with van der Waals surface area (Å²) in [4.78, 5) is 18.3. The third-order valence-corrected chi connectivity index (χ3v) is 3.86. The predicted octanol–water partition coefficient (Wildman–Crippen LogP) is 2.68. The average molecular weight is 291 g/mol. The van der Waals surface area contributed by atoms with E-state index < -0.39 is 0 Å². The smallest absolute Gasteiger partial charge is 0.308 e. The van der Waals surface area contributed by atoms with Gasteiger partial charge in [0.2, 0.25) is 0 Å². The number of ether oxygens (including phenoxy) is 1. The van der Waals surface area contributed by atoms with Gasteiger partial charge in [0.25, 0.3) is 0 Å². The molecule has 0 spiro atoms. The first kappa shape index (κ1) is 15.6. The van der Waals surface area contributed by atoms with Crippen molar-refractivity contribution in [1.82, 2.24) is 4.98 Å². The topological polar surface area (TPSA) is 54.5 Å². The van der Waals surface area contributed by atoms with Crippen LogP contribution in [0.1, 0.15) is 32.6 Å². The van der Waals surface area contributed by atoms with Gasteiger partial charge in [-0.3, -0.25) is 4.79 Å². The molecule has 1 aromatic rings. The minimum atomic E-state index is -0.0528. The van der Waals surface area contributed by atoms with Gasteiger partial charge in [0.05, 0.1) is 18.2 Å². The molecule has 1 aliphatic rings. The molecule has 5 nitrogen and oxygen atoms in total. The predicted molar refractivity (Wildman–Crippen MR) is 84.6 cm³/mol. The molecule has 1 aliphatic carbocycles. The molecular weight excluding hydrogens is 266 g/mol. The molecule has 21 heavy (non-hydrogen) atoms. The molecule has 1 N–H and O–H groups in total. The molecule has 1 fully saturated rings. The lowest BCUT2D eigenvalue weighted by molar-refractivity contribution is -0.149. The number of aromatic nitrogens is 1. The van der Waals surface area contributed by atoms with Crippen LogP contribution in [0.15, 0.2) is 18.3 Å². The highest BCUT2D eigenvalue weighted by atomic mass is 16.5. The highest BCUT2D eigenvalue weighted by molar-refractivity contribution is 5.73. The number of pyridine rings is 1. The van der Waals surface area contributed by atoms with Crippen LogP contribution in [0.25, 0.3) is 0 Å². The summed E-state index contributed by atoms with van der Waals surface area (Å²) in [5.74, 6) is 0.898. The molecule has 0 saturated heterocycles. The zero-order valence-corrected chi connectivity index (χ0v) is 13.1. The Morgan fingerprint density at radius 2 is 2.29 bits per heavy atom. The van der Waals surface area contributed by atoms with E-state index in [4.69, 9.17) is 4.74 Å². The van der Waals surface area contributed by atoms with Crippen molar-refractivity contribution in [2.75, 3.05) is 30.9 Å². The largest absolute Gasteiger partial charge is 0.466 e. The van der Waals surface area contributed by atoms with Crippen LogP contribution in [0, 0.1) is 5.92 Å². The molecule has 2 atom stereocenters. The van der Waals surface area contributed by atoms with Crippen molar-refractivity contribution in [2.45, 2.75) is 38.6 Å². The number of esters is 1. The van der Waals surface area contributed by atoms with Gasteiger partial charge in [-0.25, -0.2) is 4.98 Å². The van der Waals surface area contributed by atoms with Crippen LogP contribution in [-0.2, 0) is 9.53 Å². The summed E-state index contributed by atoms with van der Waals surface area (Å²) in [5.41, 5.74) is 1.03. The normalized spacial score (nSPS) is 21.7. The molecule has 0 bridgehead atoms. The Balaban J connectivity index is 2.01. The molecule has 0 radical (unpaired) electrons. The molecule has 2 rings (SSSR count). The summed E-state index contributed by atoms with van der Waals surface area (Å²) in [6.07, 6.45) is 5.70. The molecular formula is C16H25N3O2.